The van der Waals surface area contributed by atoms with Gasteiger partial charge in [0, 0.05) is 38.9 Å². The summed E-state index contributed by atoms with van der Waals surface area (Å²) in [6.07, 6.45) is 0. The summed E-state index contributed by atoms with van der Waals surface area (Å²) in [7, 11) is 1.87. The Morgan fingerprint density at radius 1 is 1.16 bits per heavy atom. The van der Waals surface area contributed by atoms with Gasteiger partial charge < -0.3 is 10.2 Å². The molecule has 1 aromatic carbocycles. The minimum Gasteiger partial charge on any atom is -0.369 e. The zero-order valence-corrected chi connectivity index (χ0v) is 14.9. The number of nitrogens with one attached hydrogen (secondary N) is 1. The topological polar surface area (TPSA) is 53.4 Å². The number of aryl methyl sites for hydroxylation is 2. The molecule has 1 amide bonds. The number of amides is 1. The lowest BCUT2D eigenvalue weighted by atomic mass is 10.2. The standard InChI is InChI=1S/C18H24FN5O/c1-13-18(14(2)22(3)21-13)20-17(25)12-23-8-10-24(11-9-23)16-6-4-15(19)5-7-16/h4-7H,8-12H2,1-3H3,(H,20,25). The molecule has 1 saturated heterocycles. The van der Waals surface area contributed by atoms with Crippen LogP contribution in [0.2, 0.25) is 0 Å². The van der Waals surface area contributed by atoms with Gasteiger partial charge in [-0.15, -0.1) is 0 Å². The summed E-state index contributed by atoms with van der Waals surface area (Å²) in [5.41, 5.74) is 3.60. The Labute approximate surface area is 147 Å². The van der Waals surface area contributed by atoms with E-state index in [0.717, 1.165) is 48.9 Å². The normalized spacial score (nSPS) is 15.4. The summed E-state index contributed by atoms with van der Waals surface area (Å²) in [4.78, 5) is 16.7. The van der Waals surface area contributed by atoms with Gasteiger partial charge in [-0.3, -0.25) is 14.4 Å². The monoisotopic (exact) mass is 345 g/mol. The maximum Gasteiger partial charge on any atom is 0.238 e. The average molecular weight is 345 g/mol. The Morgan fingerprint density at radius 3 is 2.36 bits per heavy atom. The number of carbonyl (C=O) groups is 1. The van der Waals surface area contributed by atoms with E-state index in [0.29, 0.717) is 6.54 Å². The third kappa shape index (κ3) is 3.99. The van der Waals surface area contributed by atoms with Gasteiger partial charge in [0.25, 0.3) is 0 Å². The van der Waals surface area contributed by atoms with Crippen molar-refractivity contribution in [3.63, 3.8) is 0 Å². The average Bonchev–Trinajstić information content (AvgIpc) is 2.83. The molecule has 1 N–H and O–H groups in total. The molecule has 2 heterocycles. The van der Waals surface area contributed by atoms with E-state index >= 15 is 0 Å². The van der Waals surface area contributed by atoms with Gasteiger partial charge in [0.05, 0.1) is 23.6 Å². The number of rotatable bonds is 4. The fraction of sp³-hybridized carbons (Fsp3) is 0.444. The number of hydrogen-bond acceptors (Lipinski definition) is 4. The Morgan fingerprint density at radius 2 is 1.80 bits per heavy atom. The fourth-order valence-corrected chi connectivity index (χ4v) is 3.15. The number of hydrogen-bond donors (Lipinski definition) is 1. The lowest BCUT2D eigenvalue weighted by molar-refractivity contribution is -0.117. The minimum absolute atomic E-state index is 0.0190. The van der Waals surface area contributed by atoms with Crippen LogP contribution in [0.3, 0.4) is 0 Å². The summed E-state index contributed by atoms with van der Waals surface area (Å²) >= 11 is 0. The molecule has 1 aliphatic heterocycles. The third-order valence-electron chi connectivity index (χ3n) is 4.70. The highest BCUT2D eigenvalue weighted by Gasteiger charge is 2.20. The van der Waals surface area contributed by atoms with E-state index < -0.39 is 0 Å². The summed E-state index contributed by atoms with van der Waals surface area (Å²) < 4.78 is 14.8. The maximum absolute atomic E-state index is 13.0. The number of carbonyl (C=O) groups excluding carboxylic acids is 1. The van der Waals surface area contributed by atoms with Gasteiger partial charge >= 0.3 is 0 Å². The summed E-state index contributed by atoms with van der Waals surface area (Å²) in [6, 6.07) is 6.55. The molecular weight excluding hydrogens is 321 g/mol. The molecule has 1 aromatic heterocycles. The van der Waals surface area contributed by atoms with Crippen LogP contribution in [0.4, 0.5) is 15.8 Å². The molecule has 1 aliphatic rings. The quantitative estimate of drug-likeness (QED) is 0.920. The highest BCUT2D eigenvalue weighted by Crippen LogP contribution is 2.19. The van der Waals surface area contributed by atoms with E-state index in [9.17, 15) is 9.18 Å². The highest BCUT2D eigenvalue weighted by molar-refractivity contribution is 5.93. The Balaban J connectivity index is 1.51. The van der Waals surface area contributed by atoms with Gasteiger partial charge in [-0.2, -0.15) is 5.10 Å². The van der Waals surface area contributed by atoms with E-state index in [1.807, 2.05) is 20.9 Å². The SMILES string of the molecule is Cc1nn(C)c(C)c1NC(=O)CN1CCN(c2ccc(F)cc2)CC1. The molecule has 0 unspecified atom stereocenters. The zero-order chi connectivity index (χ0) is 18.0. The molecule has 6 nitrogen and oxygen atoms in total. The molecule has 7 heteroatoms. The number of benzene rings is 1. The highest BCUT2D eigenvalue weighted by atomic mass is 19.1. The third-order valence-corrected chi connectivity index (χ3v) is 4.70. The predicted molar refractivity (Wildman–Crippen MR) is 96.4 cm³/mol. The largest absolute Gasteiger partial charge is 0.369 e. The fourth-order valence-electron chi connectivity index (χ4n) is 3.15. The first-order valence-electron chi connectivity index (χ1n) is 8.47. The molecule has 134 valence electrons. The van der Waals surface area contributed by atoms with Crippen molar-refractivity contribution < 1.29 is 9.18 Å². The first kappa shape index (κ1) is 17.4. The van der Waals surface area contributed by atoms with Gasteiger partial charge in [0.15, 0.2) is 0 Å². The number of nitrogens with zero attached hydrogens (tertiary/aromatic N) is 4. The van der Waals surface area contributed by atoms with Crippen molar-refractivity contribution in [2.45, 2.75) is 13.8 Å². The number of halogens is 1. The van der Waals surface area contributed by atoms with Crippen molar-refractivity contribution in [3.05, 3.63) is 41.5 Å². The Bertz CT molecular complexity index is 748. The van der Waals surface area contributed by atoms with Gasteiger partial charge in [-0.1, -0.05) is 0 Å². The second kappa shape index (κ2) is 7.23. The molecule has 1 fully saturated rings. The van der Waals surface area contributed by atoms with Crippen LogP contribution in [0.15, 0.2) is 24.3 Å². The van der Waals surface area contributed by atoms with Gasteiger partial charge in [0.2, 0.25) is 5.91 Å². The maximum atomic E-state index is 13.0. The molecule has 0 saturated carbocycles. The van der Waals surface area contributed by atoms with E-state index in [4.69, 9.17) is 0 Å². The summed E-state index contributed by atoms with van der Waals surface area (Å²) in [5, 5.41) is 7.29. The molecule has 0 atom stereocenters. The van der Waals surface area contributed by atoms with Crippen molar-refractivity contribution in [2.24, 2.45) is 7.05 Å². The molecule has 2 aromatic rings. The van der Waals surface area contributed by atoms with Crippen molar-refractivity contribution in [2.75, 3.05) is 42.9 Å². The smallest absolute Gasteiger partial charge is 0.238 e. The lowest BCUT2D eigenvalue weighted by Crippen LogP contribution is -2.48. The Kier molecular flexibility index (Phi) is 5.03. The van der Waals surface area contributed by atoms with Crippen molar-refractivity contribution in [3.8, 4) is 0 Å². The number of piperazine rings is 1. The first-order valence-corrected chi connectivity index (χ1v) is 8.47. The second-order valence-corrected chi connectivity index (χ2v) is 6.46. The van der Waals surface area contributed by atoms with Gasteiger partial charge in [-0.05, 0) is 38.1 Å². The van der Waals surface area contributed by atoms with E-state index in [1.165, 1.54) is 12.1 Å². The molecular formula is C18H24FN5O. The van der Waals surface area contributed by atoms with E-state index in [1.54, 1.807) is 16.8 Å². The predicted octanol–water partition coefficient (Wildman–Crippen LogP) is 1.94. The molecule has 0 radical (unpaired) electrons. The Hall–Kier alpha value is -2.41. The van der Waals surface area contributed by atoms with Crippen LogP contribution in [0.5, 0.6) is 0 Å². The van der Waals surface area contributed by atoms with Crippen molar-refractivity contribution >= 4 is 17.3 Å². The minimum atomic E-state index is -0.222. The summed E-state index contributed by atoms with van der Waals surface area (Å²) in [6.45, 7) is 7.45. The van der Waals surface area contributed by atoms with Crippen LogP contribution in [0.25, 0.3) is 0 Å². The number of anilines is 2. The van der Waals surface area contributed by atoms with Crippen LogP contribution in [0.1, 0.15) is 11.4 Å². The molecule has 3 rings (SSSR count). The van der Waals surface area contributed by atoms with Crippen LogP contribution in [-0.2, 0) is 11.8 Å². The molecule has 25 heavy (non-hydrogen) atoms. The molecule has 0 aliphatic carbocycles. The lowest BCUT2D eigenvalue weighted by Gasteiger charge is -2.35. The van der Waals surface area contributed by atoms with Crippen LogP contribution in [-0.4, -0.2) is 53.3 Å². The number of aromatic nitrogens is 2. The van der Waals surface area contributed by atoms with Crippen molar-refractivity contribution in [1.82, 2.24) is 14.7 Å². The molecule has 0 spiro atoms. The zero-order valence-electron chi connectivity index (χ0n) is 14.9. The van der Waals surface area contributed by atoms with Crippen LogP contribution < -0.4 is 10.2 Å². The van der Waals surface area contributed by atoms with Crippen molar-refractivity contribution in [1.29, 1.82) is 0 Å². The van der Waals surface area contributed by atoms with E-state index in [2.05, 4.69) is 20.2 Å². The van der Waals surface area contributed by atoms with Crippen LogP contribution >= 0.6 is 0 Å². The summed E-state index contributed by atoms with van der Waals surface area (Å²) in [5.74, 6) is -0.241. The van der Waals surface area contributed by atoms with Gasteiger partial charge in [-0.25, -0.2) is 4.39 Å². The van der Waals surface area contributed by atoms with Gasteiger partial charge in [0.1, 0.15) is 5.82 Å². The molecule has 0 bridgehead atoms. The second-order valence-electron chi connectivity index (χ2n) is 6.46. The van der Waals surface area contributed by atoms with E-state index in [-0.39, 0.29) is 11.7 Å². The first-order chi connectivity index (χ1) is 11.9. The van der Waals surface area contributed by atoms with Crippen LogP contribution in [0, 0.1) is 19.7 Å².